The summed E-state index contributed by atoms with van der Waals surface area (Å²) < 4.78 is 0. The Labute approximate surface area is 93.7 Å². The van der Waals surface area contributed by atoms with Crippen LogP contribution in [0.5, 0.6) is 0 Å². The van der Waals surface area contributed by atoms with Gasteiger partial charge in [-0.1, -0.05) is 51.0 Å². The normalized spacial score (nSPS) is 27.9. The molecule has 1 aliphatic rings. The third kappa shape index (κ3) is 2.09. The van der Waals surface area contributed by atoms with Crippen LogP contribution in [-0.2, 0) is 0 Å². The van der Waals surface area contributed by atoms with Gasteiger partial charge in [-0.25, -0.2) is 0 Å². The van der Waals surface area contributed by atoms with Gasteiger partial charge in [0, 0.05) is 0 Å². The molecule has 3 atom stereocenters. The molecule has 0 nitrogen and oxygen atoms in total. The summed E-state index contributed by atoms with van der Waals surface area (Å²) in [5, 5.41) is 0. The number of hydrogen-bond acceptors (Lipinski definition) is 0. The minimum absolute atomic E-state index is 0.740. The Kier molecular flexibility index (Phi) is 3.14. The van der Waals surface area contributed by atoms with Crippen molar-refractivity contribution in [2.24, 2.45) is 11.8 Å². The molecule has 0 spiro atoms. The van der Waals surface area contributed by atoms with Gasteiger partial charge >= 0.3 is 0 Å². The monoisotopic (exact) mass is 202 g/mol. The highest BCUT2D eigenvalue weighted by Crippen LogP contribution is 2.41. The van der Waals surface area contributed by atoms with Gasteiger partial charge in [0.05, 0.1) is 0 Å². The first-order chi connectivity index (χ1) is 7.20. The smallest absolute Gasteiger partial charge is 0.0157 e. The molecule has 1 saturated carbocycles. The molecule has 2 rings (SSSR count). The topological polar surface area (TPSA) is 0 Å². The van der Waals surface area contributed by atoms with Gasteiger partial charge in [0.15, 0.2) is 0 Å². The quantitative estimate of drug-likeness (QED) is 0.660. The lowest BCUT2D eigenvalue weighted by Crippen LogP contribution is -2.13. The van der Waals surface area contributed by atoms with Gasteiger partial charge in [-0.3, -0.25) is 0 Å². The van der Waals surface area contributed by atoms with Crippen molar-refractivity contribution in [3.8, 4) is 0 Å². The zero-order valence-electron chi connectivity index (χ0n) is 10.2. The third-order valence-corrected chi connectivity index (χ3v) is 4.25. The maximum absolute atomic E-state index is 2.42. The second kappa shape index (κ2) is 4.38. The van der Waals surface area contributed by atoms with Gasteiger partial charge in [0.2, 0.25) is 0 Å². The fourth-order valence-electron chi connectivity index (χ4n) is 3.25. The maximum atomic E-state index is 2.42. The summed E-state index contributed by atoms with van der Waals surface area (Å²) in [5.41, 5.74) is 3.03. The molecule has 1 fully saturated rings. The van der Waals surface area contributed by atoms with Gasteiger partial charge in [-0.05, 0) is 42.2 Å². The summed E-state index contributed by atoms with van der Waals surface area (Å²) in [4.78, 5) is 0. The summed E-state index contributed by atoms with van der Waals surface area (Å²) >= 11 is 0. The molecule has 0 aliphatic heterocycles. The molecule has 1 aliphatic carbocycles. The Morgan fingerprint density at radius 2 is 1.93 bits per heavy atom. The minimum atomic E-state index is 0.740. The Hall–Kier alpha value is -0.780. The van der Waals surface area contributed by atoms with Gasteiger partial charge in [-0.15, -0.1) is 0 Å². The predicted octanol–water partition coefficient (Wildman–Crippen LogP) is 4.53. The first-order valence-corrected chi connectivity index (χ1v) is 6.25. The van der Waals surface area contributed by atoms with Gasteiger partial charge in [-0.2, -0.15) is 0 Å². The van der Waals surface area contributed by atoms with Crippen LogP contribution in [0, 0.1) is 18.8 Å². The molecular formula is C15H22. The van der Waals surface area contributed by atoms with E-state index in [1.165, 1.54) is 24.8 Å². The first-order valence-electron chi connectivity index (χ1n) is 6.25. The standard InChI is InChI=1S/C15H22/c1-11-7-4-5-9-14(11)13(3)15-10-6-8-12(15)2/h4-5,7,9,12-13,15H,6,8,10H2,1-3H3. The van der Waals surface area contributed by atoms with E-state index >= 15 is 0 Å². The Morgan fingerprint density at radius 3 is 2.53 bits per heavy atom. The van der Waals surface area contributed by atoms with E-state index in [1.807, 2.05) is 0 Å². The van der Waals surface area contributed by atoms with Crippen molar-refractivity contribution in [2.75, 3.05) is 0 Å². The van der Waals surface area contributed by atoms with E-state index < -0.39 is 0 Å². The van der Waals surface area contributed by atoms with Crippen molar-refractivity contribution in [1.29, 1.82) is 0 Å². The second-order valence-corrected chi connectivity index (χ2v) is 5.22. The molecule has 0 amide bonds. The largest absolute Gasteiger partial charge is 0.0622 e. The first kappa shape index (κ1) is 10.7. The van der Waals surface area contributed by atoms with Crippen LogP contribution in [0.2, 0.25) is 0 Å². The molecule has 0 saturated heterocycles. The van der Waals surface area contributed by atoms with Gasteiger partial charge in [0.25, 0.3) is 0 Å². The highest BCUT2D eigenvalue weighted by Gasteiger charge is 2.29. The molecule has 0 N–H and O–H groups in total. The average Bonchev–Trinajstić information content (AvgIpc) is 2.64. The van der Waals surface area contributed by atoms with Crippen LogP contribution in [-0.4, -0.2) is 0 Å². The van der Waals surface area contributed by atoms with Crippen LogP contribution < -0.4 is 0 Å². The Bertz CT molecular complexity index is 327. The van der Waals surface area contributed by atoms with E-state index in [0.717, 1.165) is 17.8 Å². The molecule has 15 heavy (non-hydrogen) atoms. The van der Waals surface area contributed by atoms with Crippen LogP contribution in [0.25, 0.3) is 0 Å². The van der Waals surface area contributed by atoms with Crippen molar-refractivity contribution in [2.45, 2.75) is 46.0 Å². The molecule has 0 radical (unpaired) electrons. The van der Waals surface area contributed by atoms with Crippen molar-refractivity contribution < 1.29 is 0 Å². The number of benzene rings is 1. The molecule has 0 aromatic heterocycles. The maximum Gasteiger partial charge on any atom is -0.0157 e. The summed E-state index contributed by atoms with van der Waals surface area (Å²) in [6.45, 7) is 7.08. The lowest BCUT2D eigenvalue weighted by molar-refractivity contribution is 0.361. The molecule has 0 heteroatoms. The molecule has 0 heterocycles. The van der Waals surface area contributed by atoms with Crippen molar-refractivity contribution in [1.82, 2.24) is 0 Å². The van der Waals surface area contributed by atoms with E-state index in [-0.39, 0.29) is 0 Å². The van der Waals surface area contributed by atoms with E-state index in [1.54, 1.807) is 5.56 Å². The summed E-state index contributed by atoms with van der Waals surface area (Å²) in [6.07, 6.45) is 4.29. The van der Waals surface area contributed by atoms with Gasteiger partial charge in [0.1, 0.15) is 0 Å². The van der Waals surface area contributed by atoms with E-state index in [9.17, 15) is 0 Å². The number of hydrogen-bond donors (Lipinski definition) is 0. The lowest BCUT2D eigenvalue weighted by atomic mass is 9.80. The Balaban J connectivity index is 2.20. The fraction of sp³-hybridized carbons (Fsp3) is 0.600. The Morgan fingerprint density at radius 1 is 1.20 bits per heavy atom. The molecule has 0 bridgehead atoms. The minimum Gasteiger partial charge on any atom is -0.0622 e. The number of rotatable bonds is 2. The third-order valence-electron chi connectivity index (χ3n) is 4.25. The van der Waals surface area contributed by atoms with Crippen molar-refractivity contribution in [3.05, 3.63) is 35.4 Å². The summed E-state index contributed by atoms with van der Waals surface area (Å²) in [5.74, 6) is 2.56. The molecule has 82 valence electrons. The second-order valence-electron chi connectivity index (χ2n) is 5.22. The molecule has 1 aromatic rings. The zero-order chi connectivity index (χ0) is 10.8. The summed E-state index contributed by atoms with van der Waals surface area (Å²) in [7, 11) is 0. The van der Waals surface area contributed by atoms with E-state index in [0.29, 0.717) is 0 Å². The fourth-order valence-corrected chi connectivity index (χ4v) is 3.25. The average molecular weight is 202 g/mol. The van der Waals surface area contributed by atoms with Crippen molar-refractivity contribution >= 4 is 0 Å². The van der Waals surface area contributed by atoms with Crippen LogP contribution in [0.1, 0.15) is 50.2 Å². The van der Waals surface area contributed by atoms with E-state index in [4.69, 9.17) is 0 Å². The zero-order valence-corrected chi connectivity index (χ0v) is 10.2. The SMILES string of the molecule is Cc1ccccc1C(C)C1CCCC1C. The van der Waals surface area contributed by atoms with Crippen LogP contribution in [0.15, 0.2) is 24.3 Å². The lowest BCUT2D eigenvalue weighted by Gasteiger charge is -2.25. The van der Waals surface area contributed by atoms with Crippen LogP contribution in [0.3, 0.4) is 0 Å². The number of aryl methyl sites for hydroxylation is 1. The molecule has 3 unspecified atom stereocenters. The predicted molar refractivity (Wildman–Crippen MR) is 66.1 cm³/mol. The van der Waals surface area contributed by atoms with Crippen LogP contribution in [0.4, 0.5) is 0 Å². The molecule has 1 aromatic carbocycles. The highest BCUT2D eigenvalue weighted by atomic mass is 14.3. The van der Waals surface area contributed by atoms with E-state index in [2.05, 4.69) is 45.0 Å². The van der Waals surface area contributed by atoms with Gasteiger partial charge < -0.3 is 0 Å². The van der Waals surface area contributed by atoms with Crippen LogP contribution >= 0.6 is 0 Å². The van der Waals surface area contributed by atoms with Crippen molar-refractivity contribution in [3.63, 3.8) is 0 Å². The highest BCUT2D eigenvalue weighted by molar-refractivity contribution is 5.29. The molecular weight excluding hydrogens is 180 g/mol. The summed E-state index contributed by atoms with van der Waals surface area (Å²) in [6, 6.07) is 8.87.